The van der Waals surface area contributed by atoms with Gasteiger partial charge in [-0.1, -0.05) is 0 Å². The predicted octanol–water partition coefficient (Wildman–Crippen LogP) is 1.73. The molecule has 0 spiro atoms. The number of imidazole rings is 1. The minimum atomic E-state index is 1.13. The summed E-state index contributed by atoms with van der Waals surface area (Å²) in [6.07, 6.45) is 5.45. The highest BCUT2D eigenvalue weighted by atomic mass is 32.1. The minimum absolute atomic E-state index is 1.13. The highest BCUT2D eigenvalue weighted by Crippen LogP contribution is 2.09. The zero-order chi connectivity index (χ0) is 6.81. The Labute approximate surface area is 62.8 Å². The van der Waals surface area contributed by atoms with Crippen LogP contribution in [-0.2, 0) is 0 Å². The molecule has 49 valence electrons. The average molecular weight is 149 g/mol. The molecule has 0 saturated heterocycles. The summed E-state index contributed by atoms with van der Waals surface area (Å²) >= 11 is 1.56. The van der Waals surface area contributed by atoms with Gasteiger partial charge in [-0.05, 0) is 6.07 Å². The molecule has 0 aliphatic carbocycles. The molecule has 2 heterocycles. The number of aromatic nitrogens is 2. The van der Waals surface area contributed by atoms with Crippen molar-refractivity contribution in [1.82, 2.24) is 9.55 Å². The van der Waals surface area contributed by atoms with Crippen LogP contribution in [0.1, 0.15) is 0 Å². The van der Waals surface area contributed by atoms with Crippen LogP contribution < -0.4 is 0 Å². The van der Waals surface area contributed by atoms with Gasteiger partial charge in [0.2, 0.25) is 0 Å². The van der Waals surface area contributed by atoms with Gasteiger partial charge < -0.3 is 4.57 Å². The third-order valence-corrected chi connectivity index (χ3v) is 1.87. The van der Waals surface area contributed by atoms with Gasteiger partial charge in [-0.25, -0.2) is 4.98 Å². The number of rotatable bonds is 1. The summed E-state index contributed by atoms with van der Waals surface area (Å²) in [5.74, 6) is 0. The minimum Gasteiger partial charge on any atom is -0.305 e. The Morgan fingerprint density at radius 1 is 1.60 bits per heavy atom. The monoisotopic (exact) mass is 149 g/mol. The lowest BCUT2D eigenvalue weighted by atomic mass is 10.5. The molecule has 0 amide bonds. The van der Waals surface area contributed by atoms with Crippen molar-refractivity contribution in [2.75, 3.05) is 0 Å². The summed E-state index contributed by atoms with van der Waals surface area (Å²) in [6.45, 7) is 0. The Kier molecular flexibility index (Phi) is 1.29. The molecule has 0 aliphatic rings. The van der Waals surface area contributed by atoms with Gasteiger partial charge in [0.05, 0.1) is 12.0 Å². The standard InChI is InChI=1S/C7H5N2S/c1-4-10-5-7(1)9-3-2-8-6-9/h1-3,5-6H. The fourth-order valence-electron chi connectivity index (χ4n) is 0.770. The quantitative estimate of drug-likeness (QED) is 0.603. The van der Waals surface area contributed by atoms with Crippen molar-refractivity contribution in [3.63, 3.8) is 0 Å². The van der Waals surface area contributed by atoms with E-state index >= 15 is 0 Å². The van der Waals surface area contributed by atoms with Gasteiger partial charge in [0, 0.05) is 23.2 Å². The van der Waals surface area contributed by atoms with Crippen LogP contribution >= 0.6 is 11.3 Å². The second-order valence-corrected chi connectivity index (χ2v) is 2.60. The van der Waals surface area contributed by atoms with Crippen molar-refractivity contribution in [2.45, 2.75) is 0 Å². The molecule has 0 bridgehead atoms. The van der Waals surface area contributed by atoms with E-state index in [4.69, 9.17) is 0 Å². The topological polar surface area (TPSA) is 17.8 Å². The number of nitrogens with zero attached hydrogens (tertiary/aromatic N) is 2. The first kappa shape index (κ1) is 5.68. The van der Waals surface area contributed by atoms with Gasteiger partial charge in [-0.15, -0.1) is 11.3 Å². The van der Waals surface area contributed by atoms with Gasteiger partial charge in [0.15, 0.2) is 0 Å². The number of thiophene rings is 1. The van der Waals surface area contributed by atoms with Crippen LogP contribution in [-0.4, -0.2) is 9.55 Å². The van der Waals surface area contributed by atoms with E-state index in [0.717, 1.165) is 5.69 Å². The Bertz CT molecular complexity index is 251. The normalized spacial score (nSPS) is 10.0. The van der Waals surface area contributed by atoms with E-state index in [1.165, 1.54) is 0 Å². The van der Waals surface area contributed by atoms with Crippen molar-refractivity contribution in [2.24, 2.45) is 0 Å². The van der Waals surface area contributed by atoms with Gasteiger partial charge in [-0.3, -0.25) is 0 Å². The summed E-state index contributed by atoms with van der Waals surface area (Å²) in [7, 11) is 0. The maximum atomic E-state index is 3.93. The van der Waals surface area contributed by atoms with E-state index in [2.05, 4.69) is 10.4 Å². The summed E-state index contributed by atoms with van der Waals surface area (Å²) in [4.78, 5) is 3.93. The van der Waals surface area contributed by atoms with E-state index in [-0.39, 0.29) is 0 Å². The van der Waals surface area contributed by atoms with E-state index in [1.807, 2.05) is 22.2 Å². The lowest BCUT2D eigenvalue weighted by Crippen LogP contribution is -1.84. The van der Waals surface area contributed by atoms with Crippen LogP contribution in [0, 0.1) is 5.38 Å². The molecule has 3 heteroatoms. The van der Waals surface area contributed by atoms with Crippen molar-refractivity contribution >= 4 is 11.3 Å². The second kappa shape index (κ2) is 2.27. The molecule has 0 saturated carbocycles. The molecule has 0 N–H and O–H groups in total. The summed E-state index contributed by atoms with van der Waals surface area (Å²) < 4.78 is 1.95. The molecule has 0 aliphatic heterocycles. The summed E-state index contributed by atoms with van der Waals surface area (Å²) in [5.41, 5.74) is 1.13. The molecule has 1 radical (unpaired) electrons. The van der Waals surface area contributed by atoms with Crippen LogP contribution in [0.5, 0.6) is 0 Å². The van der Waals surface area contributed by atoms with Gasteiger partial charge >= 0.3 is 0 Å². The largest absolute Gasteiger partial charge is 0.305 e. The highest BCUT2D eigenvalue weighted by Gasteiger charge is 1.92. The third kappa shape index (κ3) is 0.844. The maximum absolute atomic E-state index is 3.93. The molecule has 2 aromatic heterocycles. The Hall–Kier alpha value is -1.09. The summed E-state index contributed by atoms with van der Waals surface area (Å²) in [6, 6.07) is 1.94. The van der Waals surface area contributed by atoms with Crippen molar-refractivity contribution in [3.05, 3.63) is 35.5 Å². The molecule has 2 aromatic rings. The predicted molar refractivity (Wildman–Crippen MR) is 40.3 cm³/mol. The fourth-order valence-corrected chi connectivity index (χ4v) is 1.34. The van der Waals surface area contributed by atoms with Crippen LogP contribution in [0.25, 0.3) is 5.69 Å². The molecule has 0 atom stereocenters. The van der Waals surface area contributed by atoms with Crippen LogP contribution in [0.3, 0.4) is 0 Å². The summed E-state index contributed by atoms with van der Waals surface area (Å²) in [5, 5.41) is 5.04. The van der Waals surface area contributed by atoms with Gasteiger partial charge in [0.25, 0.3) is 0 Å². The molecule has 0 unspecified atom stereocenters. The van der Waals surface area contributed by atoms with Gasteiger partial charge in [0.1, 0.15) is 0 Å². The smallest absolute Gasteiger partial charge is 0.0991 e. The molecule has 2 rings (SSSR count). The van der Waals surface area contributed by atoms with Crippen molar-refractivity contribution < 1.29 is 0 Å². The average Bonchev–Trinajstić information content (AvgIpc) is 2.59. The van der Waals surface area contributed by atoms with E-state index < -0.39 is 0 Å². The van der Waals surface area contributed by atoms with Crippen LogP contribution in [0.2, 0.25) is 0 Å². The lowest BCUT2D eigenvalue weighted by molar-refractivity contribution is 1.07. The first-order valence-corrected chi connectivity index (χ1v) is 3.78. The third-order valence-electron chi connectivity index (χ3n) is 1.26. The molecule has 0 fully saturated rings. The maximum Gasteiger partial charge on any atom is 0.0991 e. The lowest BCUT2D eigenvalue weighted by Gasteiger charge is -1.92. The van der Waals surface area contributed by atoms with Crippen LogP contribution in [0.4, 0.5) is 0 Å². The Morgan fingerprint density at radius 2 is 2.60 bits per heavy atom. The molecular formula is C7H5N2S. The zero-order valence-corrected chi connectivity index (χ0v) is 6.01. The van der Waals surface area contributed by atoms with E-state index in [0.29, 0.717) is 0 Å². The molecule has 10 heavy (non-hydrogen) atoms. The number of hydrogen-bond acceptors (Lipinski definition) is 2. The first-order chi connectivity index (χ1) is 4.97. The van der Waals surface area contributed by atoms with E-state index in [1.54, 1.807) is 23.9 Å². The SMILES string of the molecule is [c]1cc(-n2ccnc2)cs1. The first-order valence-electron chi connectivity index (χ1n) is 2.90. The molecule has 2 nitrogen and oxygen atoms in total. The Morgan fingerprint density at radius 3 is 3.20 bits per heavy atom. The second-order valence-electron chi connectivity index (χ2n) is 1.89. The van der Waals surface area contributed by atoms with E-state index in [9.17, 15) is 0 Å². The van der Waals surface area contributed by atoms with Crippen LogP contribution in [0.15, 0.2) is 30.2 Å². The fraction of sp³-hybridized carbons (Fsp3) is 0. The van der Waals surface area contributed by atoms with Crippen molar-refractivity contribution in [3.8, 4) is 5.69 Å². The highest BCUT2D eigenvalue weighted by molar-refractivity contribution is 7.07. The van der Waals surface area contributed by atoms with Crippen molar-refractivity contribution in [1.29, 1.82) is 0 Å². The molecule has 0 aromatic carbocycles. The number of hydrogen-bond donors (Lipinski definition) is 0. The van der Waals surface area contributed by atoms with Gasteiger partial charge in [-0.2, -0.15) is 0 Å². The Balaban J connectivity index is 2.48. The molecular weight excluding hydrogens is 144 g/mol. The zero-order valence-electron chi connectivity index (χ0n) is 5.19.